The quantitative estimate of drug-likeness (QED) is 0.718. The lowest BCUT2D eigenvalue weighted by Crippen LogP contribution is -2.37. The third-order valence-electron chi connectivity index (χ3n) is 3.78. The summed E-state index contributed by atoms with van der Waals surface area (Å²) in [4.78, 5) is 18.3. The summed E-state index contributed by atoms with van der Waals surface area (Å²) in [6.07, 6.45) is 7.44. The van der Waals surface area contributed by atoms with Gasteiger partial charge >= 0.3 is 6.03 Å². The highest BCUT2D eigenvalue weighted by Gasteiger charge is 2.10. The first-order valence-electron chi connectivity index (χ1n) is 7.98. The van der Waals surface area contributed by atoms with Crippen molar-refractivity contribution in [3.63, 3.8) is 0 Å². The highest BCUT2D eigenvalue weighted by molar-refractivity contribution is 5.73. The number of hydrogen-bond donors (Lipinski definition) is 2. The fraction of sp³-hybridized carbons (Fsp3) is 0.625. The normalized spacial score (nSPS) is 15.0. The molecule has 21 heavy (non-hydrogen) atoms. The molecule has 1 aliphatic rings. The first kappa shape index (κ1) is 15.8. The molecule has 5 heteroatoms. The van der Waals surface area contributed by atoms with E-state index in [0.29, 0.717) is 6.54 Å². The first-order valence-corrected chi connectivity index (χ1v) is 7.98. The Balaban J connectivity index is 1.44. The summed E-state index contributed by atoms with van der Waals surface area (Å²) in [5.41, 5.74) is 1.00. The number of urea groups is 1. The molecule has 0 aliphatic carbocycles. The molecule has 116 valence electrons. The van der Waals surface area contributed by atoms with Crippen molar-refractivity contribution in [1.29, 1.82) is 0 Å². The van der Waals surface area contributed by atoms with Crippen LogP contribution in [0.5, 0.6) is 0 Å². The van der Waals surface area contributed by atoms with E-state index in [1.165, 1.54) is 32.5 Å². The molecule has 1 aromatic rings. The molecule has 0 unspecified atom stereocenters. The summed E-state index contributed by atoms with van der Waals surface area (Å²) in [6.45, 7) is 5.05. The van der Waals surface area contributed by atoms with Crippen LogP contribution in [0.15, 0.2) is 24.4 Å². The molecule has 2 rings (SSSR count). The number of nitrogens with one attached hydrogen (secondary N) is 2. The number of rotatable bonds is 8. The van der Waals surface area contributed by atoms with Crippen LogP contribution in [0.4, 0.5) is 4.79 Å². The van der Waals surface area contributed by atoms with Crippen LogP contribution >= 0.6 is 0 Å². The van der Waals surface area contributed by atoms with Crippen LogP contribution in [-0.4, -0.2) is 48.6 Å². The number of aromatic nitrogens is 1. The third-order valence-corrected chi connectivity index (χ3v) is 3.78. The largest absolute Gasteiger partial charge is 0.338 e. The second kappa shape index (κ2) is 9.34. The topological polar surface area (TPSA) is 57.3 Å². The Bertz CT molecular complexity index is 404. The van der Waals surface area contributed by atoms with E-state index in [2.05, 4.69) is 20.5 Å². The molecule has 1 aromatic heterocycles. The zero-order valence-corrected chi connectivity index (χ0v) is 12.7. The van der Waals surface area contributed by atoms with Gasteiger partial charge in [-0.1, -0.05) is 6.07 Å². The number of pyridine rings is 1. The van der Waals surface area contributed by atoms with Gasteiger partial charge < -0.3 is 15.5 Å². The number of nitrogens with zero attached hydrogens (tertiary/aromatic N) is 2. The molecular formula is C16H26N4O. The van der Waals surface area contributed by atoms with Crippen molar-refractivity contribution in [1.82, 2.24) is 20.5 Å². The van der Waals surface area contributed by atoms with E-state index in [-0.39, 0.29) is 6.03 Å². The highest BCUT2D eigenvalue weighted by Crippen LogP contribution is 2.07. The maximum atomic E-state index is 11.6. The van der Waals surface area contributed by atoms with Crippen molar-refractivity contribution < 1.29 is 4.79 Å². The summed E-state index contributed by atoms with van der Waals surface area (Å²) in [7, 11) is 0. The van der Waals surface area contributed by atoms with Gasteiger partial charge in [-0.25, -0.2) is 4.79 Å². The number of carbonyl (C=O) groups is 1. The summed E-state index contributed by atoms with van der Waals surface area (Å²) < 4.78 is 0. The van der Waals surface area contributed by atoms with Crippen LogP contribution in [0.2, 0.25) is 0 Å². The fourth-order valence-electron chi connectivity index (χ4n) is 2.58. The van der Waals surface area contributed by atoms with Crippen LogP contribution in [0.25, 0.3) is 0 Å². The Morgan fingerprint density at radius 1 is 1.14 bits per heavy atom. The van der Waals surface area contributed by atoms with Crippen LogP contribution in [-0.2, 0) is 6.42 Å². The smallest absolute Gasteiger partial charge is 0.314 e. The van der Waals surface area contributed by atoms with Crippen LogP contribution in [0.3, 0.4) is 0 Å². The molecule has 0 aromatic carbocycles. The van der Waals surface area contributed by atoms with E-state index < -0.39 is 0 Å². The van der Waals surface area contributed by atoms with E-state index in [9.17, 15) is 4.79 Å². The fourth-order valence-corrected chi connectivity index (χ4v) is 2.58. The van der Waals surface area contributed by atoms with Gasteiger partial charge in [-0.05, 0) is 57.5 Å². The zero-order chi connectivity index (χ0) is 14.8. The van der Waals surface area contributed by atoms with Crippen molar-refractivity contribution in [3.05, 3.63) is 30.1 Å². The van der Waals surface area contributed by atoms with Gasteiger partial charge in [-0.2, -0.15) is 0 Å². The summed E-state index contributed by atoms with van der Waals surface area (Å²) in [6, 6.07) is 5.75. The molecular weight excluding hydrogens is 264 g/mol. The molecule has 1 fully saturated rings. The predicted octanol–water partition coefficient (Wildman–Crippen LogP) is 1.80. The van der Waals surface area contributed by atoms with Crippen molar-refractivity contribution in [2.75, 3.05) is 32.7 Å². The number of hydrogen-bond acceptors (Lipinski definition) is 3. The third kappa shape index (κ3) is 6.58. The van der Waals surface area contributed by atoms with Gasteiger partial charge in [0.15, 0.2) is 0 Å². The number of unbranched alkanes of at least 4 members (excludes halogenated alkanes) is 1. The Morgan fingerprint density at radius 2 is 1.95 bits per heavy atom. The monoisotopic (exact) mass is 290 g/mol. The van der Waals surface area contributed by atoms with Crippen LogP contribution in [0.1, 0.15) is 31.4 Å². The lowest BCUT2D eigenvalue weighted by molar-refractivity contribution is 0.240. The minimum absolute atomic E-state index is 0.0768. The Labute approximate surface area is 127 Å². The average molecular weight is 290 g/mol. The molecule has 2 N–H and O–H groups in total. The molecule has 1 aliphatic heterocycles. The molecule has 2 amide bonds. The van der Waals surface area contributed by atoms with Gasteiger partial charge in [-0.3, -0.25) is 4.98 Å². The number of likely N-dealkylation sites (tertiary alicyclic amines) is 1. The van der Waals surface area contributed by atoms with Crippen molar-refractivity contribution in [2.45, 2.75) is 32.1 Å². The molecule has 0 radical (unpaired) electrons. The van der Waals surface area contributed by atoms with E-state index in [1.54, 1.807) is 6.20 Å². The van der Waals surface area contributed by atoms with Crippen LogP contribution in [0, 0.1) is 0 Å². The lowest BCUT2D eigenvalue weighted by atomic mass is 10.3. The minimum Gasteiger partial charge on any atom is -0.338 e. The number of carbonyl (C=O) groups excluding carboxylic acids is 1. The SMILES string of the molecule is O=C(NCCCCN1CCCC1)NCCc1ccccn1. The predicted molar refractivity (Wildman–Crippen MR) is 84.3 cm³/mol. The maximum Gasteiger partial charge on any atom is 0.314 e. The van der Waals surface area contributed by atoms with Crippen molar-refractivity contribution in [3.8, 4) is 0 Å². The van der Waals surface area contributed by atoms with E-state index in [4.69, 9.17) is 0 Å². The van der Waals surface area contributed by atoms with Crippen LogP contribution < -0.4 is 10.6 Å². The van der Waals surface area contributed by atoms with Gasteiger partial charge in [0.05, 0.1) is 0 Å². The summed E-state index contributed by atoms with van der Waals surface area (Å²) in [5, 5.41) is 5.77. The second-order valence-electron chi connectivity index (χ2n) is 5.51. The maximum absolute atomic E-state index is 11.6. The number of amides is 2. The van der Waals surface area contributed by atoms with E-state index in [1.807, 2.05) is 18.2 Å². The van der Waals surface area contributed by atoms with E-state index in [0.717, 1.165) is 31.5 Å². The molecule has 0 atom stereocenters. The van der Waals surface area contributed by atoms with Gasteiger partial charge in [0.1, 0.15) is 0 Å². The second-order valence-corrected chi connectivity index (χ2v) is 5.51. The molecule has 0 saturated carbocycles. The van der Waals surface area contributed by atoms with Gasteiger partial charge in [0.25, 0.3) is 0 Å². The van der Waals surface area contributed by atoms with Gasteiger partial charge in [0, 0.05) is 31.4 Å². The van der Waals surface area contributed by atoms with Crippen molar-refractivity contribution in [2.24, 2.45) is 0 Å². The van der Waals surface area contributed by atoms with Gasteiger partial charge in [0.2, 0.25) is 0 Å². The highest BCUT2D eigenvalue weighted by atomic mass is 16.2. The molecule has 1 saturated heterocycles. The Morgan fingerprint density at radius 3 is 2.71 bits per heavy atom. The molecule has 5 nitrogen and oxygen atoms in total. The van der Waals surface area contributed by atoms with Crippen molar-refractivity contribution >= 4 is 6.03 Å². The van der Waals surface area contributed by atoms with E-state index >= 15 is 0 Å². The minimum atomic E-state index is -0.0768. The lowest BCUT2D eigenvalue weighted by Gasteiger charge is -2.14. The standard InChI is InChI=1S/C16H26N4O/c21-16(19-11-8-15-7-1-2-9-17-15)18-10-3-4-12-20-13-5-6-14-20/h1-2,7,9H,3-6,8,10-14H2,(H2,18,19,21). The molecule has 0 bridgehead atoms. The summed E-state index contributed by atoms with van der Waals surface area (Å²) >= 11 is 0. The summed E-state index contributed by atoms with van der Waals surface area (Å²) in [5.74, 6) is 0. The Kier molecular flexibility index (Phi) is 7.01. The first-order chi connectivity index (χ1) is 10.3. The molecule has 0 spiro atoms. The molecule has 2 heterocycles. The zero-order valence-electron chi connectivity index (χ0n) is 12.7. The van der Waals surface area contributed by atoms with Gasteiger partial charge in [-0.15, -0.1) is 0 Å². The Hall–Kier alpha value is -1.62. The average Bonchev–Trinajstić information content (AvgIpc) is 3.01.